The topological polar surface area (TPSA) is 114 Å². The first-order valence-corrected chi connectivity index (χ1v) is 5.31. The Morgan fingerprint density at radius 3 is 2.56 bits per heavy atom. The third-order valence-electron chi connectivity index (χ3n) is 2.37. The summed E-state index contributed by atoms with van der Waals surface area (Å²) in [6.45, 7) is 0.533. The molecule has 90 valence electrons. The van der Waals surface area contributed by atoms with Crippen LogP contribution in [0, 0.1) is 11.3 Å². The summed E-state index contributed by atoms with van der Waals surface area (Å²) in [5.41, 5.74) is 12.4. The number of hydrogen-bond acceptors (Lipinski definition) is 6. The van der Waals surface area contributed by atoms with Crippen molar-refractivity contribution in [3.63, 3.8) is 0 Å². The van der Waals surface area contributed by atoms with E-state index >= 15 is 0 Å². The molecule has 0 amide bonds. The summed E-state index contributed by atoms with van der Waals surface area (Å²) in [6, 6.07) is 11.7. The number of rotatable bonds is 3. The van der Waals surface area contributed by atoms with Crippen LogP contribution < -0.4 is 16.8 Å². The second-order valence-electron chi connectivity index (χ2n) is 3.64. The van der Waals surface area contributed by atoms with Gasteiger partial charge in [-0.25, -0.2) is 0 Å². The van der Waals surface area contributed by atoms with Crippen molar-refractivity contribution in [2.24, 2.45) is 0 Å². The normalized spacial score (nSPS) is 9.72. The Kier molecular flexibility index (Phi) is 3.25. The van der Waals surface area contributed by atoms with Gasteiger partial charge in [-0.1, -0.05) is 30.3 Å². The second kappa shape index (κ2) is 5.01. The molecule has 1 heterocycles. The lowest BCUT2D eigenvalue weighted by Crippen LogP contribution is -2.09. The highest BCUT2D eigenvalue weighted by atomic mass is 15.1. The van der Waals surface area contributed by atoms with Crippen LogP contribution in [-0.2, 0) is 6.54 Å². The van der Waals surface area contributed by atoms with Crippen molar-refractivity contribution in [1.29, 1.82) is 5.26 Å². The van der Waals surface area contributed by atoms with Crippen molar-refractivity contribution in [3.05, 3.63) is 41.5 Å². The molecule has 0 bridgehead atoms. The smallest absolute Gasteiger partial charge is 0.224 e. The summed E-state index contributed by atoms with van der Waals surface area (Å²) < 4.78 is 0. The summed E-state index contributed by atoms with van der Waals surface area (Å²) in [5.74, 6) is 0.481. The van der Waals surface area contributed by atoms with Crippen molar-refractivity contribution >= 4 is 17.6 Å². The number of hydrogen-bond donors (Lipinski definition) is 3. The maximum Gasteiger partial charge on any atom is 0.224 e. The maximum atomic E-state index is 9.00. The lowest BCUT2D eigenvalue weighted by Gasteiger charge is -2.09. The SMILES string of the molecule is N#Cc1c(N)nc(N)nc1NCc1ccccc1. The molecular formula is C12H12N6. The molecule has 0 saturated heterocycles. The third kappa shape index (κ3) is 2.47. The Hall–Kier alpha value is -2.81. The third-order valence-corrected chi connectivity index (χ3v) is 2.37. The van der Waals surface area contributed by atoms with Crippen LogP contribution in [0.15, 0.2) is 30.3 Å². The van der Waals surface area contributed by atoms with Gasteiger partial charge in [0.25, 0.3) is 0 Å². The highest BCUT2D eigenvalue weighted by Gasteiger charge is 2.10. The van der Waals surface area contributed by atoms with Crippen LogP contribution in [0.1, 0.15) is 11.1 Å². The Morgan fingerprint density at radius 2 is 1.89 bits per heavy atom. The van der Waals surface area contributed by atoms with E-state index in [1.54, 1.807) is 0 Å². The molecule has 0 fully saturated rings. The quantitative estimate of drug-likeness (QED) is 0.740. The van der Waals surface area contributed by atoms with Gasteiger partial charge in [-0.3, -0.25) is 0 Å². The van der Waals surface area contributed by atoms with Crippen LogP contribution in [-0.4, -0.2) is 9.97 Å². The average Bonchev–Trinajstić information content (AvgIpc) is 2.37. The van der Waals surface area contributed by atoms with Crippen LogP contribution in [0.3, 0.4) is 0 Å². The lowest BCUT2D eigenvalue weighted by atomic mass is 10.2. The molecule has 0 aliphatic rings. The summed E-state index contributed by atoms with van der Waals surface area (Å²) in [4.78, 5) is 7.71. The van der Waals surface area contributed by atoms with E-state index in [1.165, 1.54) is 0 Å². The van der Waals surface area contributed by atoms with E-state index < -0.39 is 0 Å². The number of nitrogen functional groups attached to an aromatic ring is 2. The van der Waals surface area contributed by atoms with E-state index in [4.69, 9.17) is 16.7 Å². The maximum absolute atomic E-state index is 9.00. The lowest BCUT2D eigenvalue weighted by molar-refractivity contribution is 1.08. The number of nitriles is 1. The van der Waals surface area contributed by atoms with E-state index in [9.17, 15) is 0 Å². The van der Waals surface area contributed by atoms with Crippen molar-refractivity contribution in [1.82, 2.24) is 9.97 Å². The van der Waals surface area contributed by atoms with Gasteiger partial charge in [0.1, 0.15) is 17.5 Å². The predicted octanol–water partition coefficient (Wildman–Crippen LogP) is 1.12. The summed E-state index contributed by atoms with van der Waals surface area (Å²) >= 11 is 0. The van der Waals surface area contributed by atoms with E-state index in [-0.39, 0.29) is 17.3 Å². The Bertz CT molecular complexity index is 588. The van der Waals surface area contributed by atoms with Gasteiger partial charge in [0, 0.05) is 6.54 Å². The number of benzene rings is 1. The Morgan fingerprint density at radius 1 is 1.17 bits per heavy atom. The highest BCUT2D eigenvalue weighted by Crippen LogP contribution is 2.18. The van der Waals surface area contributed by atoms with Gasteiger partial charge in [-0.2, -0.15) is 15.2 Å². The molecule has 5 N–H and O–H groups in total. The number of nitrogens with zero attached hydrogens (tertiary/aromatic N) is 3. The van der Waals surface area contributed by atoms with Crippen LogP contribution in [0.25, 0.3) is 0 Å². The zero-order chi connectivity index (χ0) is 13.0. The Labute approximate surface area is 104 Å². The number of nitrogens with one attached hydrogen (secondary N) is 1. The minimum Gasteiger partial charge on any atom is -0.382 e. The molecular weight excluding hydrogens is 228 g/mol. The van der Waals surface area contributed by atoms with E-state index in [2.05, 4.69) is 15.3 Å². The summed E-state index contributed by atoms with van der Waals surface area (Å²) in [6.07, 6.45) is 0. The number of nitrogens with two attached hydrogens (primary N) is 2. The molecule has 0 unspecified atom stereocenters. The van der Waals surface area contributed by atoms with Gasteiger partial charge in [-0.15, -0.1) is 0 Å². The molecule has 1 aromatic carbocycles. The summed E-state index contributed by atoms with van der Waals surface area (Å²) in [7, 11) is 0. The van der Waals surface area contributed by atoms with Crippen LogP contribution in [0.4, 0.5) is 17.6 Å². The molecule has 1 aromatic heterocycles. The zero-order valence-electron chi connectivity index (χ0n) is 9.59. The minimum absolute atomic E-state index is 0.0436. The number of aromatic nitrogens is 2. The van der Waals surface area contributed by atoms with Crippen LogP contribution in [0.5, 0.6) is 0 Å². The first-order chi connectivity index (χ1) is 8.70. The van der Waals surface area contributed by atoms with E-state index in [0.29, 0.717) is 12.4 Å². The van der Waals surface area contributed by atoms with Crippen molar-refractivity contribution in [2.45, 2.75) is 6.54 Å². The van der Waals surface area contributed by atoms with Crippen molar-refractivity contribution in [3.8, 4) is 6.07 Å². The van der Waals surface area contributed by atoms with Crippen molar-refractivity contribution in [2.75, 3.05) is 16.8 Å². The first kappa shape index (κ1) is 11.7. The average molecular weight is 240 g/mol. The molecule has 0 radical (unpaired) electrons. The minimum atomic E-state index is 0.0436. The van der Waals surface area contributed by atoms with Gasteiger partial charge >= 0.3 is 0 Å². The fourth-order valence-corrected chi connectivity index (χ4v) is 1.52. The molecule has 0 atom stereocenters. The predicted molar refractivity (Wildman–Crippen MR) is 69.3 cm³/mol. The number of anilines is 3. The van der Waals surface area contributed by atoms with Gasteiger partial charge in [-0.05, 0) is 5.56 Å². The van der Waals surface area contributed by atoms with E-state index in [0.717, 1.165) is 5.56 Å². The molecule has 0 aliphatic heterocycles. The van der Waals surface area contributed by atoms with E-state index in [1.807, 2.05) is 36.4 Å². The fourth-order valence-electron chi connectivity index (χ4n) is 1.52. The molecule has 0 saturated carbocycles. The molecule has 2 rings (SSSR count). The van der Waals surface area contributed by atoms with Gasteiger partial charge in [0.15, 0.2) is 5.82 Å². The van der Waals surface area contributed by atoms with Crippen LogP contribution >= 0.6 is 0 Å². The highest BCUT2D eigenvalue weighted by molar-refractivity contribution is 5.64. The monoisotopic (exact) mass is 240 g/mol. The molecule has 6 nitrogen and oxygen atoms in total. The van der Waals surface area contributed by atoms with Gasteiger partial charge in [0.2, 0.25) is 5.95 Å². The standard InChI is InChI=1S/C12H12N6/c13-6-9-10(14)17-12(15)18-11(9)16-7-8-4-2-1-3-5-8/h1-5H,7H2,(H5,14,15,16,17,18). The molecule has 18 heavy (non-hydrogen) atoms. The van der Waals surface area contributed by atoms with Gasteiger partial charge < -0.3 is 16.8 Å². The zero-order valence-corrected chi connectivity index (χ0v) is 9.59. The molecule has 6 heteroatoms. The summed E-state index contributed by atoms with van der Waals surface area (Å²) in [5, 5.41) is 12.0. The van der Waals surface area contributed by atoms with Crippen LogP contribution in [0.2, 0.25) is 0 Å². The van der Waals surface area contributed by atoms with Crippen molar-refractivity contribution < 1.29 is 0 Å². The molecule has 2 aromatic rings. The Balaban J connectivity index is 2.22. The first-order valence-electron chi connectivity index (χ1n) is 5.31. The molecule has 0 aliphatic carbocycles. The molecule has 0 spiro atoms. The van der Waals surface area contributed by atoms with Gasteiger partial charge in [0.05, 0.1) is 0 Å². The fraction of sp³-hybridized carbons (Fsp3) is 0.0833. The second-order valence-corrected chi connectivity index (χ2v) is 3.64. The largest absolute Gasteiger partial charge is 0.382 e.